The molecule has 1 aliphatic heterocycles. The van der Waals surface area contributed by atoms with Crippen LogP contribution in [0, 0.1) is 0 Å². The van der Waals surface area contributed by atoms with Gasteiger partial charge >= 0.3 is 8.80 Å². The molecule has 216 valence electrons. The van der Waals surface area contributed by atoms with Crippen LogP contribution in [-0.2, 0) is 26.4 Å². The molecule has 0 unspecified atom stereocenters. The standard InChI is InChI=1S/C31H50N4O3Si/c1-8-36-39(37-9-2,38-10-3)21-13-18-32-22-27-14-11-15-28(33-27)23-34-19-20-35(24-34)31-29(25(4)5)16-12-17-30(31)26(6)7/h11-12,14-17,19-20,25-26,32H,8-10,13,18,21-24H2,1-7H3. The quantitative estimate of drug-likeness (QED) is 0.174. The van der Waals surface area contributed by atoms with Crippen LogP contribution in [0.15, 0.2) is 48.8 Å². The first-order chi connectivity index (χ1) is 18.8. The van der Waals surface area contributed by atoms with Gasteiger partial charge in [0.2, 0.25) is 0 Å². The van der Waals surface area contributed by atoms with Crippen LogP contribution < -0.4 is 10.2 Å². The Bertz CT molecular complexity index is 1000. The van der Waals surface area contributed by atoms with Crippen molar-refractivity contribution in [2.75, 3.05) is 37.9 Å². The number of para-hydroxylation sites is 1. The number of benzene rings is 1. The average Bonchev–Trinajstić information content (AvgIpc) is 3.36. The van der Waals surface area contributed by atoms with Gasteiger partial charge in [-0.2, -0.15) is 0 Å². The molecule has 0 amide bonds. The molecule has 1 aromatic carbocycles. The number of hydrogen-bond acceptors (Lipinski definition) is 7. The Labute approximate surface area is 237 Å². The van der Waals surface area contributed by atoms with Gasteiger partial charge in [0.1, 0.15) is 0 Å². The van der Waals surface area contributed by atoms with Crippen molar-refractivity contribution >= 4 is 14.5 Å². The van der Waals surface area contributed by atoms with Crippen LogP contribution in [0.1, 0.15) is 89.2 Å². The van der Waals surface area contributed by atoms with Gasteiger partial charge in [-0.1, -0.05) is 52.0 Å². The van der Waals surface area contributed by atoms with Crippen LogP contribution in [0.2, 0.25) is 6.04 Å². The molecule has 3 rings (SSSR count). The van der Waals surface area contributed by atoms with Gasteiger partial charge in [0, 0.05) is 50.5 Å². The lowest BCUT2D eigenvalue weighted by atomic mass is 9.92. The largest absolute Gasteiger partial charge is 0.500 e. The van der Waals surface area contributed by atoms with E-state index in [1.165, 1.54) is 16.8 Å². The first kappa shape index (κ1) is 31.3. The summed E-state index contributed by atoms with van der Waals surface area (Å²) >= 11 is 0. The molecular formula is C31H50N4O3Si. The zero-order valence-corrected chi connectivity index (χ0v) is 26.2. The number of pyridine rings is 1. The molecule has 0 bridgehead atoms. The lowest BCUT2D eigenvalue weighted by Gasteiger charge is -2.28. The molecule has 0 spiro atoms. The zero-order valence-electron chi connectivity index (χ0n) is 25.2. The number of anilines is 1. The van der Waals surface area contributed by atoms with Crippen molar-refractivity contribution in [3.05, 3.63) is 71.3 Å². The molecule has 8 heteroatoms. The van der Waals surface area contributed by atoms with Crippen molar-refractivity contribution in [3.8, 4) is 0 Å². The summed E-state index contributed by atoms with van der Waals surface area (Å²) in [7, 11) is -2.58. The Morgan fingerprint density at radius 1 is 0.846 bits per heavy atom. The summed E-state index contributed by atoms with van der Waals surface area (Å²) in [5, 5.41) is 3.54. The summed E-state index contributed by atoms with van der Waals surface area (Å²) in [4.78, 5) is 9.67. The van der Waals surface area contributed by atoms with Crippen LogP contribution in [-0.4, -0.2) is 51.7 Å². The predicted octanol–water partition coefficient (Wildman–Crippen LogP) is 6.61. The summed E-state index contributed by atoms with van der Waals surface area (Å²) in [6.45, 7) is 20.2. The number of rotatable bonds is 17. The highest BCUT2D eigenvalue weighted by Gasteiger charge is 2.39. The number of aromatic nitrogens is 1. The van der Waals surface area contributed by atoms with E-state index in [9.17, 15) is 0 Å². The van der Waals surface area contributed by atoms with Crippen molar-refractivity contribution < 1.29 is 13.3 Å². The summed E-state index contributed by atoms with van der Waals surface area (Å²) in [5.74, 6) is 0.951. The Kier molecular flexibility index (Phi) is 12.5. The van der Waals surface area contributed by atoms with Crippen LogP contribution in [0.25, 0.3) is 0 Å². The molecule has 39 heavy (non-hydrogen) atoms. The van der Waals surface area contributed by atoms with E-state index in [1.54, 1.807) is 0 Å². The lowest BCUT2D eigenvalue weighted by molar-refractivity contribution is 0.0708. The van der Waals surface area contributed by atoms with Crippen molar-refractivity contribution in [2.45, 2.75) is 85.9 Å². The zero-order chi connectivity index (χ0) is 28.3. The smallest absolute Gasteiger partial charge is 0.374 e. The summed E-state index contributed by atoms with van der Waals surface area (Å²) in [6.07, 6.45) is 5.35. The molecule has 7 nitrogen and oxygen atoms in total. The van der Waals surface area contributed by atoms with Gasteiger partial charge in [-0.15, -0.1) is 0 Å². The molecule has 0 saturated heterocycles. The fourth-order valence-electron chi connectivity index (χ4n) is 5.13. The first-order valence-electron chi connectivity index (χ1n) is 14.7. The van der Waals surface area contributed by atoms with Crippen molar-refractivity contribution in [1.82, 2.24) is 15.2 Å². The Morgan fingerprint density at radius 2 is 1.44 bits per heavy atom. The van der Waals surface area contributed by atoms with Crippen LogP contribution >= 0.6 is 0 Å². The van der Waals surface area contributed by atoms with E-state index in [0.29, 0.717) is 31.7 Å². The lowest BCUT2D eigenvalue weighted by Crippen LogP contribution is -2.46. The van der Waals surface area contributed by atoms with Crippen LogP contribution in [0.5, 0.6) is 0 Å². The fourth-order valence-corrected chi connectivity index (χ4v) is 7.74. The molecule has 0 saturated carbocycles. The van der Waals surface area contributed by atoms with Gasteiger partial charge in [0.25, 0.3) is 0 Å². The Morgan fingerprint density at radius 3 is 2.03 bits per heavy atom. The van der Waals surface area contributed by atoms with Crippen molar-refractivity contribution in [1.29, 1.82) is 0 Å². The maximum atomic E-state index is 5.97. The molecule has 1 N–H and O–H groups in total. The second kappa shape index (κ2) is 15.5. The normalized spacial score (nSPS) is 13.9. The topological polar surface area (TPSA) is 59.1 Å². The van der Waals surface area contributed by atoms with Crippen LogP contribution in [0.3, 0.4) is 0 Å². The van der Waals surface area contributed by atoms with Crippen molar-refractivity contribution in [2.24, 2.45) is 0 Å². The summed E-state index contributed by atoms with van der Waals surface area (Å²) in [5.41, 5.74) is 6.31. The highest BCUT2D eigenvalue weighted by Crippen LogP contribution is 2.36. The molecule has 0 aliphatic carbocycles. The molecule has 0 atom stereocenters. The minimum Gasteiger partial charge on any atom is -0.374 e. The van der Waals surface area contributed by atoms with Gasteiger partial charge in [-0.3, -0.25) is 4.98 Å². The van der Waals surface area contributed by atoms with Gasteiger partial charge in [0.15, 0.2) is 0 Å². The van der Waals surface area contributed by atoms with E-state index in [1.807, 2.05) is 20.8 Å². The fraction of sp³-hybridized carbons (Fsp3) is 0.581. The Balaban J connectivity index is 1.54. The number of nitrogens with zero attached hydrogens (tertiary/aromatic N) is 3. The van der Waals surface area contributed by atoms with Gasteiger partial charge < -0.3 is 28.4 Å². The molecule has 1 aromatic heterocycles. The second-order valence-electron chi connectivity index (χ2n) is 10.6. The third-order valence-electron chi connectivity index (χ3n) is 6.89. The maximum absolute atomic E-state index is 5.97. The minimum absolute atomic E-state index is 0.475. The van der Waals surface area contributed by atoms with E-state index in [2.05, 4.69) is 91.6 Å². The maximum Gasteiger partial charge on any atom is 0.500 e. The third kappa shape index (κ3) is 8.88. The number of nitrogens with one attached hydrogen (secondary N) is 1. The molecule has 0 radical (unpaired) electrons. The summed E-state index contributed by atoms with van der Waals surface area (Å²) in [6, 6.07) is 13.9. The van der Waals surface area contributed by atoms with Gasteiger partial charge in [-0.25, -0.2) is 0 Å². The Hall–Kier alpha value is -2.23. The average molecular weight is 555 g/mol. The summed E-state index contributed by atoms with van der Waals surface area (Å²) < 4.78 is 17.9. The van der Waals surface area contributed by atoms with E-state index in [0.717, 1.165) is 50.2 Å². The number of hydrogen-bond donors (Lipinski definition) is 1. The highest BCUT2D eigenvalue weighted by molar-refractivity contribution is 6.60. The van der Waals surface area contributed by atoms with E-state index in [4.69, 9.17) is 18.3 Å². The third-order valence-corrected chi connectivity index (χ3v) is 10.0. The minimum atomic E-state index is -2.58. The molecule has 0 fully saturated rings. The molecule has 2 heterocycles. The molecule has 2 aromatic rings. The predicted molar refractivity (Wildman–Crippen MR) is 163 cm³/mol. The van der Waals surface area contributed by atoms with E-state index in [-0.39, 0.29) is 0 Å². The van der Waals surface area contributed by atoms with Gasteiger partial charge in [0.05, 0.1) is 24.6 Å². The second-order valence-corrected chi connectivity index (χ2v) is 13.4. The molecule has 1 aliphatic rings. The monoisotopic (exact) mass is 554 g/mol. The first-order valence-corrected chi connectivity index (χ1v) is 16.6. The van der Waals surface area contributed by atoms with Gasteiger partial charge in [-0.05, 0) is 68.8 Å². The van der Waals surface area contributed by atoms with E-state index < -0.39 is 8.80 Å². The highest BCUT2D eigenvalue weighted by atomic mass is 28.4. The SMILES string of the molecule is CCO[Si](CCCNCc1cccc(CN2C=CN(c3c(C(C)C)cccc3C(C)C)C2)n1)(OCC)OCC. The van der Waals surface area contributed by atoms with Crippen LogP contribution in [0.4, 0.5) is 5.69 Å². The van der Waals surface area contributed by atoms with E-state index >= 15 is 0 Å². The van der Waals surface area contributed by atoms with Crippen molar-refractivity contribution in [3.63, 3.8) is 0 Å². The molecular weight excluding hydrogens is 504 g/mol.